The average molecular weight is 499 g/mol. The van der Waals surface area contributed by atoms with Crippen LogP contribution >= 0.6 is 12.2 Å². The highest BCUT2D eigenvalue weighted by Crippen LogP contribution is 2.44. The molecular formula is C27H22N4O4S. The van der Waals surface area contributed by atoms with Crippen molar-refractivity contribution in [3.8, 4) is 17.2 Å². The fourth-order valence-corrected chi connectivity index (χ4v) is 5.09. The van der Waals surface area contributed by atoms with Gasteiger partial charge in [-0.2, -0.15) is 0 Å². The number of nitrogens with one attached hydrogen (secondary N) is 1. The molecule has 6 rings (SSSR count). The Labute approximate surface area is 213 Å². The maximum absolute atomic E-state index is 12.2. The summed E-state index contributed by atoms with van der Waals surface area (Å²) in [4.78, 5) is 18.9. The summed E-state index contributed by atoms with van der Waals surface area (Å²) in [5, 5.41) is 4.05. The van der Waals surface area contributed by atoms with Crippen LogP contribution in [-0.2, 0) is 4.74 Å². The maximum atomic E-state index is 12.2. The Bertz CT molecular complexity index is 1460. The first-order chi connectivity index (χ1) is 17.6. The third kappa shape index (κ3) is 3.74. The number of hydrogen-bond donors (Lipinski definition) is 1. The Kier molecular flexibility index (Phi) is 5.54. The number of esters is 1. The molecule has 9 heteroatoms. The second-order valence-corrected chi connectivity index (χ2v) is 8.77. The molecule has 2 aliphatic rings. The van der Waals surface area contributed by atoms with Gasteiger partial charge in [-0.1, -0.05) is 12.1 Å². The lowest BCUT2D eigenvalue weighted by Gasteiger charge is -2.29. The first kappa shape index (κ1) is 22.1. The van der Waals surface area contributed by atoms with Crippen molar-refractivity contribution in [2.45, 2.75) is 12.1 Å². The van der Waals surface area contributed by atoms with E-state index in [9.17, 15) is 4.79 Å². The molecule has 0 bridgehead atoms. The Morgan fingerprint density at radius 1 is 1.03 bits per heavy atom. The fourth-order valence-electron chi connectivity index (χ4n) is 4.74. The summed E-state index contributed by atoms with van der Waals surface area (Å²) in [6.07, 6.45) is 3.75. The van der Waals surface area contributed by atoms with E-state index in [1.807, 2.05) is 66.9 Å². The number of fused-ring (bicyclic) bond motifs is 1. The molecular weight excluding hydrogens is 476 g/mol. The monoisotopic (exact) mass is 498 g/mol. The zero-order valence-corrected chi connectivity index (χ0v) is 20.1. The molecule has 2 aromatic carbocycles. The molecule has 0 radical (unpaired) electrons. The molecule has 1 N–H and O–H groups in total. The van der Waals surface area contributed by atoms with Gasteiger partial charge in [0, 0.05) is 35.5 Å². The predicted octanol–water partition coefficient (Wildman–Crippen LogP) is 4.56. The van der Waals surface area contributed by atoms with Crippen LogP contribution in [0, 0.1) is 0 Å². The quantitative estimate of drug-likeness (QED) is 0.317. The third-order valence-electron chi connectivity index (χ3n) is 6.36. The molecule has 4 heterocycles. The van der Waals surface area contributed by atoms with Crippen molar-refractivity contribution in [1.29, 1.82) is 0 Å². The number of benzene rings is 2. The van der Waals surface area contributed by atoms with Gasteiger partial charge in [-0.05, 0) is 66.8 Å². The van der Waals surface area contributed by atoms with Crippen LogP contribution < -0.4 is 19.7 Å². The number of aromatic nitrogens is 2. The topological polar surface area (TPSA) is 77.9 Å². The summed E-state index contributed by atoms with van der Waals surface area (Å²) in [7, 11) is 1.38. The third-order valence-corrected chi connectivity index (χ3v) is 6.68. The number of rotatable bonds is 5. The van der Waals surface area contributed by atoms with Crippen LogP contribution in [0.2, 0.25) is 0 Å². The predicted molar refractivity (Wildman–Crippen MR) is 138 cm³/mol. The van der Waals surface area contributed by atoms with Crippen molar-refractivity contribution in [2.24, 2.45) is 0 Å². The summed E-state index contributed by atoms with van der Waals surface area (Å²) in [5.74, 6) is 0.997. The minimum atomic E-state index is -0.386. The van der Waals surface area contributed by atoms with E-state index in [1.165, 1.54) is 7.11 Å². The first-order valence-corrected chi connectivity index (χ1v) is 11.8. The highest BCUT2D eigenvalue weighted by molar-refractivity contribution is 7.80. The smallest absolute Gasteiger partial charge is 0.337 e. The first-order valence-electron chi connectivity index (χ1n) is 11.4. The molecule has 8 nitrogen and oxygen atoms in total. The van der Waals surface area contributed by atoms with Gasteiger partial charge in [-0.3, -0.25) is 4.98 Å². The minimum Gasteiger partial charge on any atom is -0.465 e. The number of hydrogen-bond acceptors (Lipinski definition) is 6. The van der Waals surface area contributed by atoms with E-state index in [1.54, 1.807) is 12.3 Å². The normalized spacial score (nSPS) is 18.2. The lowest BCUT2D eigenvalue weighted by molar-refractivity contribution is 0.0600. The summed E-state index contributed by atoms with van der Waals surface area (Å²) >= 11 is 5.85. The molecule has 0 spiro atoms. The van der Waals surface area contributed by atoms with E-state index < -0.39 is 0 Å². The molecule has 2 atom stereocenters. The van der Waals surface area contributed by atoms with Crippen LogP contribution in [0.5, 0.6) is 11.5 Å². The number of ether oxygens (including phenoxy) is 3. The van der Waals surface area contributed by atoms with E-state index in [4.69, 9.17) is 26.4 Å². The summed E-state index contributed by atoms with van der Waals surface area (Å²) < 4.78 is 18.1. The zero-order valence-electron chi connectivity index (χ0n) is 19.3. The number of carbonyl (C=O) groups excluding carboxylic acids is 1. The molecule has 180 valence electrons. The van der Waals surface area contributed by atoms with E-state index in [0.717, 1.165) is 22.8 Å². The summed E-state index contributed by atoms with van der Waals surface area (Å²) in [5.41, 5.74) is 4.02. The molecule has 4 aromatic rings. The maximum Gasteiger partial charge on any atom is 0.337 e. The fraction of sp³-hybridized carbons (Fsp3) is 0.148. The number of nitrogens with zero attached hydrogens (tertiary/aromatic N) is 3. The lowest BCUT2D eigenvalue weighted by Crippen LogP contribution is -2.30. The number of methoxy groups -OCH3 is 1. The number of thiocarbonyl (C=S) groups is 1. The van der Waals surface area contributed by atoms with Crippen LogP contribution in [0.3, 0.4) is 0 Å². The molecule has 36 heavy (non-hydrogen) atoms. The van der Waals surface area contributed by atoms with Crippen LogP contribution in [0.15, 0.2) is 85.2 Å². The lowest BCUT2D eigenvalue weighted by atomic mass is 10.0. The molecule has 0 aliphatic carbocycles. The van der Waals surface area contributed by atoms with Gasteiger partial charge < -0.3 is 29.0 Å². The second kappa shape index (κ2) is 9.01. The van der Waals surface area contributed by atoms with Crippen LogP contribution in [-0.4, -0.2) is 34.5 Å². The second-order valence-electron chi connectivity index (χ2n) is 8.38. The van der Waals surface area contributed by atoms with E-state index >= 15 is 0 Å². The highest BCUT2D eigenvalue weighted by Gasteiger charge is 2.42. The largest absolute Gasteiger partial charge is 0.465 e. The molecule has 2 aliphatic heterocycles. The van der Waals surface area contributed by atoms with Crippen molar-refractivity contribution < 1.29 is 19.0 Å². The van der Waals surface area contributed by atoms with Gasteiger partial charge in [0.1, 0.15) is 6.04 Å². The van der Waals surface area contributed by atoms with Gasteiger partial charge in [0.2, 0.25) is 6.79 Å². The molecule has 1 saturated heterocycles. The van der Waals surface area contributed by atoms with E-state index in [0.29, 0.717) is 22.2 Å². The van der Waals surface area contributed by atoms with E-state index in [2.05, 4.69) is 25.8 Å². The highest BCUT2D eigenvalue weighted by atomic mass is 32.1. The van der Waals surface area contributed by atoms with Gasteiger partial charge in [0.05, 0.1) is 24.4 Å². The van der Waals surface area contributed by atoms with Crippen LogP contribution in [0.4, 0.5) is 5.69 Å². The van der Waals surface area contributed by atoms with Crippen molar-refractivity contribution in [2.75, 3.05) is 18.8 Å². The zero-order chi connectivity index (χ0) is 24.6. The minimum absolute atomic E-state index is 0.195. The van der Waals surface area contributed by atoms with Gasteiger partial charge in [0.15, 0.2) is 16.6 Å². The van der Waals surface area contributed by atoms with Crippen molar-refractivity contribution in [1.82, 2.24) is 14.9 Å². The van der Waals surface area contributed by atoms with Gasteiger partial charge in [-0.15, -0.1) is 0 Å². The van der Waals surface area contributed by atoms with Gasteiger partial charge in [-0.25, -0.2) is 4.79 Å². The Balaban J connectivity index is 1.49. The molecule has 0 saturated carbocycles. The molecule has 2 aromatic heterocycles. The van der Waals surface area contributed by atoms with Crippen LogP contribution in [0.25, 0.3) is 5.69 Å². The summed E-state index contributed by atoms with van der Waals surface area (Å²) in [6, 6.07) is 22.6. The van der Waals surface area contributed by atoms with Gasteiger partial charge >= 0.3 is 5.97 Å². The standard InChI is InChI=1S/C27H22N4O4S/c1-33-26(32)17-6-4-7-18(14-17)30-13-5-9-21(30)25-24(20-8-2-3-12-28-20)29-27(36)31(25)19-10-11-22-23(15-19)35-16-34-22/h2-15,24-25H,16H2,1H3,(H,29,36)/t24-,25-/m0/s1. The van der Waals surface area contributed by atoms with Crippen LogP contribution in [0.1, 0.15) is 33.8 Å². The SMILES string of the molecule is COC(=O)c1cccc(-n2cccc2[C@H]2[C@H](c3ccccn3)NC(=S)N2c2ccc3c(c2)OCO3)c1. The molecule has 0 unspecified atom stereocenters. The Morgan fingerprint density at radius 3 is 2.75 bits per heavy atom. The van der Waals surface area contributed by atoms with E-state index in [-0.39, 0.29) is 24.8 Å². The van der Waals surface area contributed by atoms with Crippen molar-refractivity contribution >= 4 is 29.0 Å². The van der Waals surface area contributed by atoms with Crippen molar-refractivity contribution in [3.63, 3.8) is 0 Å². The Hall–Kier alpha value is -4.37. The number of pyridine rings is 1. The number of anilines is 1. The summed E-state index contributed by atoms with van der Waals surface area (Å²) in [6.45, 7) is 0.195. The Morgan fingerprint density at radius 2 is 1.92 bits per heavy atom. The molecule has 1 fully saturated rings. The number of carbonyl (C=O) groups is 1. The van der Waals surface area contributed by atoms with Crippen molar-refractivity contribution in [3.05, 3.63) is 102 Å². The average Bonchev–Trinajstić information content (AvgIpc) is 3.66. The van der Waals surface area contributed by atoms with Gasteiger partial charge in [0.25, 0.3) is 0 Å². The molecule has 0 amide bonds.